The summed E-state index contributed by atoms with van der Waals surface area (Å²) >= 11 is 0. The van der Waals surface area contributed by atoms with Crippen LogP contribution >= 0.6 is 0 Å². The highest BCUT2D eigenvalue weighted by Gasteiger charge is 2.17. The molecule has 0 spiro atoms. The van der Waals surface area contributed by atoms with Crippen LogP contribution in [0.15, 0.2) is 24.4 Å². The summed E-state index contributed by atoms with van der Waals surface area (Å²) in [4.78, 5) is 7.39. The molecule has 1 fully saturated rings. The summed E-state index contributed by atoms with van der Waals surface area (Å²) in [5, 5.41) is 3.30. The maximum Gasteiger partial charge on any atom is 0.135 e. The van der Waals surface area contributed by atoms with Crippen molar-refractivity contribution in [1.82, 2.24) is 15.3 Å². The summed E-state index contributed by atoms with van der Waals surface area (Å²) in [5.74, 6) is 0.292. The molecule has 0 bridgehead atoms. The maximum atomic E-state index is 13.7. The van der Waals surface area contributed by atoms with Crippen molar-refractivity contribution in [2.24, 2.45) is 5.92 Å². The fourth-order valence-electron chi connectivity index (χ4n) is 2.47. The van der Waals surface area contributed by atoms with Crippen LogP contribution in [0.2, 0.25) is 0 Å². The number of nitrogens with one attached hydrogen (secondary N) is 2. The number of aromatic amines is 1. The molecule has 2 aromatic rings. The Morgan fingerprint density at radius 2 is 2.21 bits per heavy atom. The molecule has 100 valence electrons. The lowest BCUT2D eigenvalue weighted by Crippen LogP contribution is -2.11. The third kappa shape index (κ3) is 2.66. The Balaban J connectivity index is 1.80. The van der Waals surface area contributed by atoms with Crippen LogP contribution in [0.5, 0.6) is 0 Å². The van der Waals surface area contributed by atoms with Gasteiger partial charge in [0.05, 0.1) is 11.9 Å². The third-order valence-corrected chi connectivity index (χ3v) is 3.49. The highest BCUT2D eigenvalue weighted by molar-refractivity contribution is 5.59. The fraction of sp³-hybridized carbons (Fsp3) is 0.357. The van der Waals surface area contributed by atoms with Crippen LogP contribution in [-0.2, 0) is 6.42 Å². The molecule has 3 rings (SSSR count). The highest BCUT2D eigenvalue weighted by Crippen LogP contribution is 2.22. The molecule has 0 amide bonds. The summed E-state index contributed by atoms with van der Waals surface area (Å²) in [5.41, 5.74) is 0.947. The first-order valence-electron chi connectivity index (χ1n) is 6.42. The molecule has 19 heavy (non-hydrogen) atoms. The predicted molar refractivity (Wildman–Crippen MR) is 68.6 cm³/mol. The quantitative estimate of drug-likeness (QED) is 0.893. The minimum Gasteiger partial charge on any atom is -0.342 e. The van der Waals surface area contributed by atoms with E-state index in [1.54, 1.807) is 6.20 Å². The molecule has 1 atom stereocenters. The van der Waals surface area contributed by atoms with Gasteiger partial charge in [-0.1, -0.05) is 0 Å². The van der Waals surface area contributed by atoms with E-state index in [-0.39, 0.29) is 0 Å². The van der Waals surface area contributed by atoms with Gasteiger partial charge in [-0.05, 0) is 37.6 Å². The molecule has 2 N–H and O–H groups in total. The molecule has 2 heterocycles. The second kappa shape index (κ2) is 5.09. The normalized spacial score (nSPS) is 18.9. The zero-order valence-corrected chi connectivity index (χ0v) is 10.4. The molecule has 0 aliphatic carbocycles. The van der Waals surface area contributed by atoms with Crippen molar-refractivity contribution < 1.29 is 8.78 Å². The van der Waals surface area contributed by atoms with Crippen LogP contribution in [0.3, 0.4) is 0 Å². The van der Waals surface area contributed by atoms with Crippen molar-refractivity contribution in [3.05, 3.63) is 41.9 Å². The predicted octanol–water partition coefficient (Wildman–Crippen LogP) is 2.51. The summed E-state index contributed by atoms with van der Waals surface area (Å²) < 4.78 is 26.5. The van der Waals surface area contributed by atoms with Crippen molar-refractivity contribution in [1.29, 1.82) is 0 Å². The molecule has 1 unspecified atom stereocenters. The lowest BCUT2D eigenvalue weighted by molar-refractivity contribution is 0.564. The van der Waals surface area contributed by atoms with Crippen LogP contribution in [0, 0.1) is 17.6 Å². The molecule has 1 saturated heterocycles. The molecule has 0 radical (unpaired) electrons. The first-order valence-corrected chi connectivity index (χ1v) is 6.42. The number of benzene rings is 1. The number of halogens is 2. The standard InChI is InChI=1S/C14H15F2N3/c15-10-1-2-11(12(16)6-10)13-8-18-14(19-13)5-9-3-4-17-7-9/h1-2,6,8-9,17H,3-5,7H2,(H,18,19). The van der Waals surface area contributed by atoms with E-state index in [1.807, 2.05) is 0 Å². The van der Waals surface area contributed by atoms with Crippen LogP contribution in [0.4, 0.5) is 8.78 Å². The molecule has 1 aliphatic heterocycles. The minimum absolute atomic E-state index is 0.352. The van der Waals surface area contributed by atoms with Gasteiger partial charge in [0.2, 0.25) is 0 Å². The molecule has 1 aromatic heterocycles. The van der Waals surface area contributed by atoms with Gasteiger partial charge in [-0.2, -0.15) is 0 Å². The van der Waals surface area contributed by atoms with Gasteiger partial charge in [0.15, 0.2) is 0 Å². The van der Waals surface area contributed by atoms with Crippen LogP contribution < -0.4 is 5.32 Å². The van der Waals surface area contributed by atoms with Gasteiger partial charge >= 0.3 is 0 Å². The van der Waals surface area contributed by atoms with E-state index in [0.717, 1.165) is 37.8 Å². The number of nitrogens with zero attached hydrogens (tertiary/aromatic N) is 1. The van der Waals surface area contributed by atoms with Crippen molar-refractivity contribution in [3.63, 3.8) is 0 Å². The first kappa shape index (κ1) is 12.3. The summed E-state index contributed by atoms with van der Waals surface area (Å²) in [6.07, 6.45) is 3.60. The van der Waals surface area contributed by atoms with Gasteiger partial charge < -0.3 is 10.3 Å². The monoisotopic (exact) mass is 263 g/mol. The molecule has 1 aromatic carbocycles. The Kier molecular flexibility index (Phi) is 3.29. The van der Waals surface area contributed by atoms with Gasteiger partial charge in [0.25, 0.3) is 0 Å². The van der Waals surface area contributed by atoms with Crippen LogP contribution in [-0.4, -0.2) is 23.1 Å². The lowest BCUT2D eigenvalue weighted by atomic mass is 10.1. The molecule has 1 aliphatic rings. The Hall–Kier alpha value is -1.75. The Bertz CT molecular complexity index is 574. The van der Waals surface area contributed by atoms with E-state index in [9.17, 15) is 8.78 Å². The Morgan fingerprint density at radius 1 is 1.32 bits per heavy atom. The number of rotatable bonds is 3. The van der Waals surface area contributed by atoms with Crippen LogP contribution in [0.1, 0.15) is 12.2 Å². The number of hydrogen-bond acceptors (Lipinski definition) is 2. The van der Waals surface area contributed by atoms with Gasteiger partial charge in [-0.15, -0.1) is 0 Å². The van der Waals surface area contributed by atoms with E-state index in [2.05, 4.69) is 15.3 Å². The lowest BCUT2D eigenvalue weighted by Gasteiger charge is -2.04. The van der Waals surface area contributed by atoms with Gasteiger partial charge in [-0.25, -0.2) is 13.8 Å². The van der Waals surface area contributed by atoms with Crippen molar-refractivity contribution >= 4 is 0 Å². The average molecular weight is 263 g/mol. The minimum atomic E-state index is -0.572. The topological polar surface area (TPSA) is 40.7 Å². The molecule has 5 heteroatoms. The van der Waals surface area contributed by atoms with E-state index < -0.39 is 11.6 Å². The number of imidazole rings is 1. The third-order valence-electron chi connectivity index (χ3n) is 3.49. The fourth-order valence-corrected chi connectivity index (χ4v) is 2.47. The number of aromatic nitrogens is 2. The van der Waals surface area contributed by atoms with Gasteiger partial charge in [-0.3, -0.25) is 0 Å². The first-order chi connectivity index (χ1) is 9.22. The summed E-state index contributed by atoms with van der Waals surface area (Å²) in [6, 6.07) is 3.57. The van der Waals surface area contributed by atoms with Crippen LogP contribution in [0.25, 0.3) is 11.3 Å². The largest absolute Gasteiger partial charge is 0.342 e. The summed E-state index contributed by atoms with van der Waals surface area (Å²) in [6.45, 7) is 2.05. The highest BCUT2D eigenvalue weighted by atomic mass is 19.1. The van der Waals surface area contributed by atoms with Crippen molar-refractivity contribution in [3.8, 4) is 11.3 Å². The van der Waals surface area contributed by atoms with E-state index >= 15 is 0 Å². The maximum absolute atomic E-state index is 13.7. The van der Waals surface area contributed by atoms with E-state index in [4.69, 9.17) is 0 Å². The molecular weight excluding hydrogens is 248 g/mol. The van der Waals surface area contributed by atoms with E-state index in [0.29, 0.717) is 17.2 Å². The Labute approximate surface area is 110 Å². The molecule has 3 nitrogen and oxygen atoms in total. The summed E-state index contributed by atoms with van der Waals surface area (Å²) in [7, 11) is 0. The smallest absolute Gasteiger partial charge is 0.135 e. The van der Waals surface area contributed by atoms with Gasteiger partial charge in [0, 0.05) is 18.1 Å². The zero-order chi connectivity index (χ0) is 13.2. The molecular formula is C14H15F2N3. The number of hydrogen-bond donors (Lipinski definition) is 2. The van der Waals surface area contributed by atoms with Crippen molar-refractivity contribution in [2.45, 2.75) is 12.8 Å². The van der Waals surface area contributed by atoms with E-state index in [1.165, 1.54) is 12.1 Å². The average Bonchev–Trinajstić information content (AvgIpc) is 3.01. The zero-order valence-electron chi connectivity index (χ0n) is 10.4. The second-order valence-corrected chi connectivity index (χ2v) is 4.93. The Morgan fingerprint density at radius 3 is 2.95 bits per heavy atom. The number of H-pyrrole nitrogens is 1. The van der Waals surface area contributed by atoms with Crippen molar-refractivity contribution in [2.75, 3.05) is 13.1 Å². The SMILES string of the molecule is Fc1ccc(-c2cnc(CC3CCNC3)[nH]2)c(F)c1. The second-order valence-electron chi connectivity index (χ2n) is 4.93. The van der Waals surface area contributed by atoms with Gasteiger partial charge in [0.1, 0.15) is 17.5 Å². The molecule has 0 saturated carbocycles.